The molecular weight excluding hydrogens is 471 g/mol. The van der Waals surface area contributed by atoms with Gasteiger partial charge in [-0.1, -0.05) is 0 Å². The summed E-state index contributed by atoms with van der Waals surface area (Å²) in [5, 5.41) is 0.679. The summed E-state index contributed by atoms with van der Waals surface area (Å²) < 4.78 is 30.6. The molecule has 0 N–H and O–H groups in total. The number of aryl methyl sites for hydroxylation is 1. The van der Waals surface area contributed by atoms with Crippen molar-refractivity contribution in [1.82, 2.24) is 9.88 Å². The number of rotatable bonds is 4. The molecule has 5 rings (SSSR count). The van der Waals surface area contributed by atoms with Crippen molar-refractivity contribution in [2.45, 2.75) is 31.8 Å². The molecule has 2 aliphatic heterocycles. The minimum atomic E-state index is -0.692. The zero-order valence-electron chi connectivity index (χ0n) is 19.7. The third kappa shape index (κ3) is 4.14. The lowest BCUT2D eigenvalue weighted by molar-refractivity contribution is -0.00736. The summed E-state index contributed by atoms with van der Waals surface area (Å²) in [4.78, 5) is 33.2. The van der Waals surface area contributed by atoms with Crippen LogP contribution >= 0.6 is 11.3 Å². The molecule has 1 aromatic heterocycles. The van der Waals surface area contributed by atoms with Crippen LogP contribution < -0.4 is 14.2 Å². The SMILES string of the molecule is COc1ccc2c(c1OC)OC1(CCN(C(=O)c3sc(-c4ccc(F)cc4)nc3C)CC1)CC2=O. The van der Waals surface area contributed by atoms with Gasteiger partial charge in [0.15, 0.2) is 17.3 Å². The number of ketones is 1. The molecule has 1 spiro atoms. The number of thiazole rings is 1. The number of amides is 1. The number of hydrogen-bond donors (Lipinski definition) is 0. The Bertz CT molecular complexity index is 1300. The molecule has 3 heterocycles. The Hall–Kier alpha value is -3.46. The van der Waals surface area contributed by atoms with Gasteiger partial charge in [0.25, 0.3) is 5.91 Å². The zero-order chi connectivity index (χ0) is 24.7. The maximum absolute atomic E-state index is 13.3. The number of fused-ring (bicyclic) bond motifs is 1. The third-order valence-electron chi connectivity index (χ3n) is 6.65. The Morgan fingerprint density at radius 2 is 1.83 bits per heavy atom. The highest BCUT2D eigenvalue weighted by Gasteiger charge is 2.45. The fraction of sp³-hybridized carbons (Fsp3) is 0.346. The maximum atomic E-state index is 13.3. The van der Waals surface area contributed by atoms with Crippen molar-refractivity contribution < 1.29 is 28.2 Å². The average molecular weight is 497 g/mol. The summed E-state index contributed by atoms with van der Waals surface area (Å²) in [6.07, 6.45) is 1.30. The van der Waals surface area contributed by atoms with Gasteiger partial charge < -0.3 is 19.1 Å². The lowest BCUT2D eigenvalue weighted by Crippen LogP contribution is -2.52. The van der Waals surface area contributed by atoms with E-state index in [9.17, 15) is 14.0 Å². The van der Waals surface area contributed by atoms with E-state index in [1.165, 1.54) is 37.7 Å². The number of ether oxygens (including phenoxy) is 3. The van der Waals surface area contributed by atoms with Gasteiger partial charge in [-0.25, -0.2) is 9.37 Å². The molecule has 0 bridgehead atoms. The standard InChI is InChI=1S/C26H25FN2O5S/c1-15-23(35-24(28-15)16-4-6-17(27)7-5-16)25(31)29-12-10-26(11-13-29)14-19(30)18-8-9-20(32-2)22(33-3)21(18)34-26/h4-9H,10-14H2,1-3H3. The van der Waals surface area contributed by atoms with E-state index in [2.05, 4.69) is 4.98 Å². The summed E-state index contributed by atoms with van der Waals surface area (Å²) in [6, 6.07) is 9.49. The first kappa shape index (κ1) is 23.3. The number of piperidine rings is 1. The Morgan fingerprint density at radius 1 is 1.11 bits per heavy atom. The first-order valence-corrected chi connectivity index (χ1v) is 12.2. The predicted octanol–water partition coefficient (Wildman–Crippen LogP) is 4.92. The van der Waals surface area contributed by atoms with E-state index in [0.717, 1.165) is 5.56 Å². The van der Waals surface area contributed by atoms with E-state index in [-0.39, 0.29) is 23.9 Å². The summed E-state index contributed by atoms with van der Waals surface area (Å²) in [7, 11) is 3.06. The Morgan fingerprint density at radius 3 is 2.49 bits per heavy atom. The van der Waals surface area contributed by atoms with Gasteiger partial charge in [0.2, 0.25) is 5.75 Å². The number of methoxy groups -OCH3 is 2. The smallest absolute Gasteiger partial charge is 0.265 e. The molecular formula is C26H25FN2O5S. The van der Waals surface area contributed by atoms with E-state index >= 15 is 0 Å². The van der Waals surface area contributed by atoms with Crippen LogP contribution in [0.4, 0.5) is 4.39 Å². The molecule has 3 aromatic rings. The highest BCUT2D eigenvalue weighted by atomic mass is 32.1. The molecule has 2 aliphatic rings. The fourth-order valence-electron chi connectivity index (χ4n) is 4.71. The molecule has 9 heteroatoms. The van der Waals surface area contributed by atoms with Crippen LogP contribution in [-0.4, -0.2) is 54.5 Å². The highest BCUT2D eigenvalue weighted by molar-refractivity contribution is 7.17. The van der Waals surface area contributed by atoms with Crippen molar-refractivity contribution in [3.8, 4) is 27.8 Å². The Balaban J connectivity index is 1.33. The van der Waals surface area contributed by atoms with Gasteiger partial charge in [-0.15, -0.1) is 11.3 Å². The van der Waals surface area contributed by atoms with Crippen molar-refractivity contribution in [2.75, 3.05) is 27.3 Å². The lowest BCUT2D eigenvalue weighted by Gasteiger charge is -2.44. The van der Waals surface area contributed by atoms with E-state index in [1.807, 2.05) is 6.92 Å². The predicted molar refractivity (Wildman–Crippen MR) is 129 cm³/mol. The number of Topliss-reactive ketones (excluding diaryl/α,β-unsaturated/α-hetero) is 1. The molecule has 2 aromatic carbocycles. The molecule has 1 saturated heterocycles. The maximum Gasteiger partial charge on any atom is 0.265 e. The minimum Gasteiger partial charge on any atom is -0.493 e. The van der Waals surface area contributed by atoms with Crippen LogP contribution in [0.25, 0.3) is 10.6 Å². The molecule has 1 amide bonds. The average Bonchev–Trinajstić information content (AvgIpc) is 3.25. The van der Waals surface area contributed by atoms with E-state index in [0.29, 0.717) is 64.3 Å². The summed E-state index contributed by atoms with van der Waals surface area (Å²) in [5.74, 6) is 0.901. The van der Waals surface area contributed by atoms with Crippen molar-refractivity contribution in [2.24, 2.45) is 0 Å². The molecule has 182 valence electrons. The number of likely N-dealkylation sites (tertiary alicyclic amines) is 1. The first-order chi connectivity index (χ1) is 16.8. The second-order valence-corrected chi connectivity index (χ2v) is 9.79. The highest BCUT2D eigenvalue weighted by Crippen LogP contribution is 2.48. The van der Waals surface area contributed by atoms with Crippen LogP contribution in [-0.2, 0) is 0 Å². The molecule has 0 atom stereocenters. The van der Waals surface area contributed by atoms with Crippen LogP contribution in [0.2, 0.25) is 0 Å². The molecule has 0 aliphatic carbocycles. The molecule has 0 radical (unpaired) electrons. The van der Waals surface area contributed by atoms with Crippen molar-refractivity contribution in [1.29, 1.82) is 0 Å². The number of benzene rings is 2. The zero-order valence-corrected chi connectivity index (χ0v) is 20.5. The number of nitrogens with zero attached hydrogens (tertiary/aromatic N) is 2. The summed E-state index contributed by atoms with van der Waals surface area (Å²) >= 11 is 1.31. The molecule has 0 unspecified atom stereocenters. The number of carbonyl (C=O) groups excluding carboxylic acids is 2. The van der Waals surface area contributed by atoms with Gasteiger partial charge in [-0.05, 0) is 43.3 Å². The quantitative estimate of drug-likeness (QED) is 0.511. The van der Waals surface area contributed by atoms with Gasteiger partial charge in [0, 0.05) is 31.5 Å². The molecule has 1 fully saturated rings. The van der Waals surface area contributed by atoms with Crippen LogP contribution in [0.15, 0.2) is 36.4 Å². The van der Waals surface area contributed by atoms with Gasteiger partial charge in [-0.3, -0.25) is 9.59 Å². The van der Waals surface area contributed by atoms with Crippen molar-refractivity contribution in [3.05, 3.63) is 58.3 Å². The largest absolute Gasteiger partial charge is 0.493 e. The van der Waals surface area contributed by atoms with Gasteiger partial charge in [0.05, 0.1) is 31.9 Å². The van der Waals surface area contributed by atoms with Gasteiger partial charge in [-0.2, -0.15) is 0 Å². The third-order valence-corrected chi connectivity index (χ3v) is 7.84. The number of carbonyl (C=O) groups is 2. The topological polar surface area (TPSA) is 78.0 Å². The number of hydrogen-bond acceptors (Lipinski definition) is 7. The molecule has 7 nitrogen and oxygen atoms in total. The fourth-order valence-corrected chi connectivity index (χ4v) is 5.75. The molecule has 0 saturated carbocycles. The summed E-state index contributed by atoms with van der Waals surface area (Å²) in [6.45, 7) is 2.72. The first-order valence-electron chi connectivity index (χ1n) is 11.3. The molecule has 35 heavy (non-hydrogen) atoms. The van der Waals surface area contributed by atoms with E-state index < -0.39 is 5.60 Å². The minimum absolute atomic E-state index is 0.00535. The van der Waals surface area contributed by atoms with Gasteiger partial charge >= 0.3 is 0 Å². The Labute approximate surface area is 206 Å². The normalized spacial score (nSPS) is 16.6. The van der Waals surface area contributed by atoms with Crippen molar-refractivity contribution in [3.63, 3.8) is 0 Å². The van der Waals surface area contributed by atoms with Crippen LogP contribution in [0.5, 0.6) is 17.2 Å². The Kier molecular flexibility index (Phi) is 5.96. The van der Waals surface area contributed by atoms with E-state index in [1.54, 1.807) is 29.2 Å². The summed E-state index contributed by atoms with van der Waals surface area (Å²) in [5.41, 5.74) is 1.21. The lowest BCUT2D eigenvalue weighted by atomic mass is 9.82. The van der Waals surface area contributed by atoms with E-state index in [4.69, 9.17) is 14.2 Å². The van der Waals surface area contributed by atoms with Crippen LogP contribution in [0.3, 0.4) is 0 Å². The monoisotopic (exact) mass is 496 g/mol. The van der Waals surface area contributed by atoms with Gasteiger partial charge in [0.1, 0.15) is 21.3 Å². The second kappa shape index (κ2) is 8.96. The van der Waals surface area contributed by atoms with Crippen LogP contribution in [0.1, 0.15) is 45.0 Å². The second-order valence-electron chi connectivity index (χ2n) is 8.80. The number of halogens is 1. The van der Waals surface area contributed by atoms with Crippen LogP contribution in [0, 0.1) is 12.7 Å². The van der Waals surface area contributed by atoms with Crippen molar-refractivity contribution >= 4 is 23.0 Å². The number of aromatic nitrogens is 1.